The zero-order valence-electron chi connectivity index (χ0n) is 18.7. The molecule has 10 heteroatoms. The number of nitrogens with zero attached hydrogens (tertiary/aromatic N) is 5. The Labute approximate surface area is 203 Å². The minimum absolute atomic E-state index is 0.0962. The van der Waals surface area contributed by atoms with Crippen LogP contribution < -0.4 is 5.32 Å². The SMILES string of the molecule is N#Cc1ccccc1S(=O)n1ccc2cnc(Nc3ccc(CN4CCC(F)(F)CC4)cc3)nc21. The second-order valence-electron chi connectivity index (χ2n) is 8.43. The van der Waals surface area contributed by atoms with Crippen molar-refractivity contribution < 1.29 is 13.0 Å². The predicted molar refractivity (Wildman–Crippen MR) is 130 cm³/mol. The van der Waals surface area contributed by atoms with Gasteiger partial charge >= 0.3 is 0 Å². The summed E-state index contributed by atoms with van der Waals surface area (Å²) in [4.78, 5) is 11.3. The number of nitriles is 1. The number of halogens is 2. The topological polar surface area (TPSA) is 86.8 Å². The standard InChI is InChI=1S/C25H22F2N6OS/c26-25(27)10-13-32(14-11-25)17-18-5-7-21(8-6-18)30-24-29-16-20-9-12-33(23(20)31-24)35(34)22-4-2-1-3-19(22)15-28/h1-9,12,16H,10-11,13-14,17H2,(H,29,30,31). The first-order valence-corrected chi connectivity index (χ1v) is 12.2. The second-order valence-corrected chi connectivity index (χ2v) is 9.76. The summed E-state index contributed by atoms with van der Waals surface area (Å²) in [6.45, 7) is 1.41. The van der Waals surface area contributed by atoms with Crippen LogP contribution >= 0.6 is 0 Å². The second kappa shape index (κ2) is 9.52. The molecule has 1 fully saturated rings. The Morgan fingerprint density at radius 3 is 2.57 bits per heavy atom. The molecule has 1 aliphatic rings. The maximum atomic E-state index is 13.4. The van der Waals surface area contributed by atoms with Gasteiger partial charge in [0, 0.05) is 55.9 Å². The number of anilines is 2. The van der Waals surface area contributed by atoms with E-state index in [2.05, 4.69) is 21.4 Å². The van der Waals surface area contributed by atoms with Gasteiger partial charge < -0.3 is 5.32 Å². The Kier molecular flexibility index (Phi) is 6.28. The highest BCUT2D eigenvalue weighted by Gasteiger charge is 2.33. The van der Waals surface area contributed by atoms with E-state index in [1.807, 2.05) is 29.2 Å². The van der Waals surface area contributed by atoms with Crippen LogP contribution in [-0.4, -0.2) is 42.1 Å². The molecule has 35 heavy (non-hydrogen) atoms. The maximum absolute atomic E-state index is 13.4. The molecule has 3 heterocycles. The van der Waals surface area contributed by atoms with E-state index in [0.717, 1.165) is 16.6 Å². The van der Waals surface area contributed by atoms with Crippen molar-refractivity contribution in [1.29, 1.82) is 5.26 Å². The van der Waals surface area contributed by atoms with Crippen LogP contribution in [0.1, 0.15) is 24.0 Å². The summed E-state index contributed by atoms with van der Waals surface area (Å²) < 4.78 is 41.5. The molecule has 4 aromatic rings. The molecule has 1 unspecified atom stereocenters. The highest BCUT2D eigenvalue weighted by molar-refractivity contribution is 7.83. The van der Waals surface area contributed by atoms with E-state index in [4.69, 9.17) is 0 Å². The Bertz CT molecular complexity index is 1420. The Balaban J connectivity index is 1.31. The van der Waals surface area contributed by atoms with Gasteiger partial charge in [0.2, 0.25) is 5.95 Å². The van der Waals surface area contributed by atoms with Crippen molar-refractivity contribution >= 4 is 33.7 Å². The third-order valence-electron chi connectivity index (χ3n) is 5.97. The first-order valence-electron chi connectivity index (χ1n) is 11.1. The van der Waals surface area contributed by atoms with Crippen LogP contribution in [0.2, 0.25) is 0 Å². The third kappa shape index (κ3) is 5.06. The molecule has 0 aliphatic carbocycles. The maximum Gasteiger partial charge on any atom is 0.250 e. The van der Waals surface area contributed by atoms with Crippen molar-refractivity contribution in [3.8, 4) is 6.07 Å². The summed E-state index contributed by atoms with van der Waals surface area (Å²) in [7, 11) is -1.64. The van der Waals surface area contributed by atoms with Gasteiger partial charge in [-0.05, 0) is 35.9 Å². The molecular formula is C25H22F2N6OS. The number of rotatable bonds is 6. The van der Waals surface area contributed by atoms with Gasteiger partial charge in [-0.2, -0.15) is 10.2 Å². The highest BCUT2D eigenvalue weighted by Crippen LogP contribution is 2.28. The van der Waals surface area contributed by atoms with Gasteiger partial charge in [-0.25, -0.2) is 21.9 Å². The lowest BCUT2D eigenvalue weighted by molar-refractivity contribution is -0.0566. The Morgan fingerprint density at radius 2 is 1.83 bits per heavy atom. The smallest absolute Gasteiger partial charge is 0.250 e. The van der Waals surface area contributed by atoms with E-state index in [1.54, 1.807) is 42.7 Å². The van der Waals surface area contributed by atoms with Crippen LogP contribution in [-0.2, 0) is 17.5 Å². The number of piperidine rings is 1. The van der Waals surface area contributed by atoms with Gasteiger partial charge in [-0.15, -0.1) is 0 Å². The summed E-state index contributed by atoms with van der Waals surface area (Å²) in [5.41, 5.74) is 2.63. The van der Waals surface area contributed by atoms with Crippen LogP contribution in [0.25, 0.3) is 11.0 Å². The van der Waals surface area contributed by atoms with Gasteiger partial charge in [-0.3, -0.25) is 4.90 Å². The molecule has 1 N–H and O–H groups in total. The van der Waals surface area contributed by atoms with E-state index >= 15 is 0 Å². The van der Waals surface area contributed by atoms with Crippen LogP contribution in [0.3, 0.4) is 0 Å². The lowest BCUT2D eigenvalue weighted by atomic mass is 10.1. The van der Waals surface area contributed by atoms with Crippen LogP contribution in [0, 0.1) is 11.3 Å². The van der Waals surface area contributed by atoms with Gasteiger partial charge in [0.15, 0.2) is 16.6 Å². The fraction of sp³-hybridized carbons (Fsp3) is 0.240. The van der Waals surface area contributed by atoms with Gasteiger partial charge in [-0.1, -0.05) is 24.3 Å². The van der Waals surface area contributed by atoms with Gasteiger partial charge in [0.25, 0.3) is 5.92 Å². The first-order chi connectivity index (χ1) is 16.9. The van der Waals surface area contributed by atoms with Crippen LogP contribution in [0.5, 0.6) is 0 Å². The number of nitrogens with one attached hydrogen (secondary N) is 1. The molecule has 1 aliphatic heterocycles. The summed E-state index contributed by atoms with van der Waals surface area (Å²) in [6, 6.07) is 18.3. The average Bonchev–Trinajstić information content (AvgIpc) is 3.29. The molecule has 7 nitrogen and oxygen atoms in total. The van der Waals surface area contributed by atoms with Crippen molar-refractivity contribution in [1.82, 2.24) is 18.8 Å². The molecule has 2 aromatic heterocycles. The quantitative estimate of drug-likeness (QED) is 0.414. The molecule has 178 valence electrons. The molecular weight excluding hydrogens is 470 g/mol. The van der Waals surface area contributed by atoms with Crippen molar-refractivity contribution in [2.75, 3.05) is 18.4 Å². The fourth-order valence-corrected chi connectivity index (χ4v) is 5.21. The van der Waals surface area contributed by atoms with Crippen LogP contribution in [0.15, 0.2) is 71.9 Å². The molecule has 0 saturated carbocycles. The normalized spacial score (nSPS) is 16.6. The van der Waals surface area contributed by atoms with E-state index in [1.165, 1.54) is 3.97 Å². The van der Waals surface area contributed by atoms with E-state index in [9.17, 15) is 18.3 Å². The minimum atomic E-state index is -2.54. The minimum Gasteiger partial charge on any atom is -0.324 e. The van der Waals surface area contributed by atoms with E-state index in [0.29, 0.717) is 41.7 Å². The Hall–Kier alpha value is -3.68. The van der Waals surface area contributed by atoms with Crippen molar-refractivity contribution in [3.05, 3.63) is 78.1 Å². The molecule has 0 radical (unpaired) electrons. The summed E-state index contributed by atoms with van der Waals surface area (Å²) >= 11 is 0. The summed E-state index contributed by atoms with van der Waals surface area (Å²) in [6.07, 6.45) is 3.12. The molecule has 0 spiro atoms. The zero-order valence-corrected chi connectivity index (χ0v) is 19.5. The van der Waals surface area contributed by atoms with Crippen LogP contribution in [0.4, 0.5) is 20.4 Å². The first kappa shape index (κ1) is 23.1. The van der Waals surface area contributed by atoms with Crippen molar-refractivity contribution in [2.24, 2.45) is 0 Å². The molecule has 1 saturated heterocycles. The molecule has 1 atom stereocenters. The third-order valence-corrected chi connectivity index (χ3v) is 7.36. The number of fused-ring (bicyclic) bond motifs is 1. The number of hydrogen-bond acceptors (Lipinski definition) is 6. The largest absolute Gasteiger partial charge is 0.324 e. The summed E-state index contributed by atoms with van der Waals surface area (Å²) in [5.74, 6) is -2.20. The fourth-order valence-electron chi connectivity index (χ4n) is 4.03. The lowest BCUT2D eigenvalue weighted by Crippen LogP contribution is -2.38. The molecule has 2 aromatic carbocycles. The van der Waals surface area contributed by atoms with E-state index < -0.39 is 16.9 Å². The van der Waals surface area contributed by atoms with Crippen molar-refractivity contribution in [3.63, 3.8) is 0 Å². The highest BCUT2D eigenvalue weighted by atomic mass is 32.2. The van der Waals surface area contributed by atoms with E-state index in [-0.39, 0.29) is 12.8 Å². The predicted octanol–water partition coefficient (Wildman–Crippen LogP) is 4.85. The van der Waals surface area contributed by atoms with Gasteiger partial charge in [0.05, 0.1) is 10.5 Å². The monoisotopic (exact) mass is 492 g/mol. The number of benzene rings is 2. The molecule has 5 rings (SSSR count). The number of hydrogen-bond donors (Lipinski definition) is 1. The summed E-state index contributed by atoms with van der Waals surface area (Å²) in [5, 5.41) is 13.2. The number of likely N-dealkylation sites (tertiary alicyclic amines) is 1. The number of alkyl halides is 2. The average molecular weight is 493 g/mol. The molecule has 0 amide bonds. The Morgan fingerprint density at radius 1 is 1.09 bits per heavy atom. The van der Waals surface area contributed by atoms with Crippen molar-refractivity contribution in [2.45, 2.75) is 30.2 Å². The molecule has 0 bridgehead atoms. The van der Waals surface area contributed by atoms with Gasteiger partial charge in [0.1, 0.15) is 6.07 Å². The number of aromatic nitrogens is 3. The zero-order chi connectivity index (χ0) is 24.4. The lowest BCUT2D eigenvalue weighted by Gasteiger charge is -2.31.